The molecular weight excluding hydrogens is 274 g/mol. The molecule has 1 heterocycles. The molecule has 2 aromatic carbocycles. The molecule has 0 aromatic heterocycles. The van der Waals surface area contributed by atoms with Gasteiger partial charge < -0.3 is 4.90 Å². The van der Waals surface area contributed by atoms with Gasteiger partial charge in [0.2, 0.25) is 0 Å². The first-order valence-electron chi connectivity index (χ1n) is 7.57. The van der Waals surface area contributed by atoms with Crippen LogP contribution in [0, 0.1) is 0 Å². The number of hydrogen-bond donors (Lipinski definition) is 0. The van der Waals surface area contributed by atoms with Gasteiger partial charge in [-0.15, -0.1) is 0 Å². The van der Waals surface area contributed by atoms with Crippen molar-refractivity contribution in [3.8, 4) is 0 Å². The van der Waals surface area contributed by atoms with E-state index in [0.29, 0.717) is 5.37 Å². The molecule has 0 radical (unpaired) electrons. The first kappa shape index (κ1) is 14.5. The van der Waals surface area contributed by atoms with Crippen molar-refractivity contribution in [1.29, 1.82) is 0 Å². The van der Waals surface area contributed by atoms with Crippen LogP contribution in [0.15, 0.2) is 53.4 Å². The summed E-state index contributed by atoms with van der Waals surface area (Å²) in [5.74, 6) is 0. The molecule has 0 amide bonds. The molecule has 110 valence electrons. The summed E-state index contributed by atoms with van der Waals surface area (Å²) in [4.78, 5) is 3.89. The molecule has 1 atom stereocenters. The number of fused-ring (bicyclic) bond motifs is 1. The molecule has 0 fully saturated rings. The second-order valence-corrected chi connectivity index (χ2v) is 8.12. The molecular formula is C19H23NS. The van der Waals surface area contributed by atoms with Gasteiger partial charge in [0, 0.05) is 11.4 Å². The highest BCUT2D eigenvalue weighted by Gasteiger charge is 2.26. The predicted molar refractivity (Wildman–Crippen MR) is 93.1 cm³/mol. The highest BCUT2D eigenvalue weighted by Crippen LogP contribution is 2.43. The SMILES string of the molecule is CC1Sc2ccccc2N1Cc1ccc(C(C)(C)C)cc1. The molecule has 0 saturated heterocycles. The summed E-state index contributed by atoms with van der Waals surface area (Å²) >= 11 is 1.95. The molecule has 1 unspecified atom stereocenters. The maximum Gasteiger partial charge on any atom is 0.0773 e. The van der Waals surface area contributed by atoms with Gasteiger partial charge in [-0.1, -0.05) is 68.9 Å². The predicted octanol–water partition coefficient (Wildman–Crippen LogP) is 5.44. The Labute approximate surface area is 132 Å². The molecule has 0 N–H and O–H groups in total. The highest BCUT2D eigenvalue weighted by molar-refractivity contribution is 8.00. The molecule has 0 aliphatic carbocycles. The number of hydrogen-bond acceptors (Lipinski definition) is 2. The van der Waals surface area contributed by atoms with Crippen LogP contribution in [-0.4, -0.2) is 5.37 Å². The topological polar surface area (TPSA) is 3.24 Å². The van der Waals surface area contributed by atoms with Gasteiger partial charge >= 0.3 is 0 Å². The average Bonchev–Trinajstić information content (AvgIpc) is 2.75. The summed E-state index contributed by atoms with van der Waals surface area (Å²) < 4.78 is 0. The van der Waals surface area contributed by atoms with Crippen LogP contribution in [-0.2, 0) is 12.0 Å². The van der Waals surface area contributed by atoms with Crippen molar-refractivity contribution in [3.05, 3.63) is 59.7 Å². The van der Waals surface area contributed by atoms with Crippen LogP contribution in [0.5, 0.6) is 0 Å². The Hall–Kier alpha value is -1.41. The Morgan fingerprint density at radius 2 is 1.67 bits per heavy atom. The van der Waals surface area contributed by atoms with Crippen molar-refractivity contribution >= 4 is 17.4 Å². The van der Waals surface area contributed by atoms with E-state index in [4.69, 9.17) is 0 Å². The second kappa shape index (κ2) is 5.42. The smallest absolute Gasteiger partial charge is 0.0773 e. The van der Waals surface area contributed by atoms with Crippen molar-refractivity contribution < 1.29 is 0 Å². The summed E-state index contributed by atoms with van der Waals surface area (Å²) in [5.41, 5.74) is 4.37. The van der Waals surface area contributed by atoms with Gasteiger partial charge in [0.05, 0.1) is 11.1 Å². The summed E-state index contributed by atoms with van der Waals surface area (Å²) in [7, 11) is 0. The lowest BCUT2D eigenvalue weighted by Crippen LogP contribution is -2.26. The maximum atomic E-state index is 2.49. The lowest BCUT2D eigenvalue weighted by molar-refractivity contribution is 0.590. The van der Waals surface area contributed by atoms with Gasteiger partial charge in [-0.2, -0.15) is 0 Å². The zero-order valence-corrected chi connectivity index (χ0v) is 14.1. The van der Waals surface area contributed by atoms with E-state index in [1.807, 2.05) is 11.8 Å². The Morgan fingerprint density at radius 1 is 1.00 bits per heavy atom. The number of para-hydroxylation sites is 1. The molecule has 0 saturated carbocycles. The Morgan fingerprint density at radius 3 is 2.33 bits per heavy atom. The standard InChI is InChI=1S/C19H23NS/c1-14-20(17-7-5-6-8-18(17)21-14)13-15-9-11-16(12-10-15)19(2,3)4/h5-12,14H,13H2,1-4H3. The lowest BCUT2D eigenvalue weighted by atomic mass is 9.87. The zero-order valence-electron chi connectivity index (χ0n) is 13.3. The third kappa shape index (κ3) is 2.96. The summed E-state index contributed by atoms with van der Waals surface area (Å²) in [6, 6.07) is 17.8. The zero-order chi connectivity index (χ0) is 15.0. The monoisotopic (exact) mass is 297 g/mol. The normalized spacial score (nSPS) is 17.9. The molecule has 1 nitrogen and oxygen atoms in total. The lowest BCUT2D eigenvalue weighted by Gasteiger charge is -2.25. The highest BCUT2D eigenvalue weighted by atomic mass is 32.2. The third-order valence-corrected chi connectivity index (χ3v) is 5.28. The van der Waals surface area contributed by atoms with E-state index < -0.39 is 0 Å². The van der Waals surface area contributed by atoms with E-state index >= 15 is 0 Å². The fraction of sp³-hybridized carbons (Fsp3) is 0.368. The minimum absolute atomic E-state index is 0.224. The maximum absolute atomic E-state index is 2.49. The van der Waals surface area contributed by atoms with Gasteiger partial charge in [0.1, 0.15) is 0 Å². The molecule has 2 aromatic rings. The number of nitrogens with zero attached hydrogens (tertiary/aromatic N) is 1. The Balaban J connectivity index is 1.81. The minimum Gasteiger partial charge on any atom is -0.354 e. The van der Waals surface area contributed by atoms with Crippen molar-refractivity contribution in [2.45, 2.75) is 49.9 Å². The fourth-order valence-electron chi connectivity index (χ4n) is 2.76. The molecule has 2 heteroatoms. The second-order valence-electron chi connectivity index (χ2n) is 6.76. The molecule has 21 heavy (non-hydrogen) atoms. The van der Waals surface area contributed by atoms with Crippen LogP contribution in [0.25, 0.3) is 0 Å². The van der Waals surface area contributed by atoms with E-state index in [1.54, 1.807) is 0 Å². The van der Waals surface area contributed by atoms with Gasteiger partial charge in [-0.25, -0.2) is 0 Å². The van der Waals surface area contributed by atoms with Crippen LogP contribution in [0.4, 0.5) is 5.69 Å². The van der Waals surface area contributed by atoms with E-state index in [1.165, 1.54) is 21.7 Å². The Bertz CT molecular complexity index is 625. The van der Waals surface area contributed by atoms with Crippen LogP contribution in [0.2, 0.25) is 0 Å². The first-order chi connectivity index (χ1) is 9.95. The van der Waals surface area contributed by atoms with Crippen LogP contribution < -0.4 is 4.90 Å². The average molecular weight is 297 g/mol. The molecule has 3 rings (SSSR count). The van der Waals surface area contributed by atoms with Gasteiger partial charge in [0.15, 0.2) is 0 Å². The Kier molecular flexibility index (Phi) is 3.75. The van der Waals surface area contributed by atoms with E-state index in [-0.39, 0.29) is 5.41 Å². The van der Waals surface area contributed by atoms with Crippen LogP contribution in [0.3, 0.4) is 0 Å². The van der Waals surface area contributed by atoms with E-state index in [2.05, 4.69) is 81.1 Å². The number of rotatable bonds is 2. The fourth-order valence-corrected chi connectivity index (χ4v) is 3.90. The summed E-state index contributed by atoms with van der Waals surface area (Å²) in [5, 5.41) is 0.504. The van der Waals surface area contributed by atoms with E-state index in [9.17, 15) is 0 Å². The van der Waals surface area contributed by atoms with Gasteiger partial charge in [-0.05, 0) is 35.6 Å². The molecule has 1 aliphatic rings. The minimum atomic E-state index is 0.224. The molecule has 0 bridgehead atoms. The van der Waals surface area contributed by atoms with E-state index in [0.717, 1.165) is 6.54 Å². The van der Waals surface area contributed by atoms with Crippen molar-refractivity contribution in [1.82, 2.24) is 0 Å². The number of thioether (sulfide) groups is 1. The summed E-state index contributed by atoms with van der Waals surface area (Å²) in [6.45, 7) is 10.1. The van der Waals surface area contributed by atoms with Crippen molar-refractivity contribution in [2.24, 2.45) is 0 Å². The van der Waals surface area contributed by atoms with Gasteiger partial charge in [0.25, 0.3) is 0 Å². The van der Waals surface area contributed by atoms with Crippen LogP contribution >= 0.6 is 11.8 Å². The largest absolute Gasteiger partial charge is 0.354 e. The summed E-state index contributed by atoms with van der Waals surface area (Å²) in [6.07, 6.45) is 0. The van der Waals surface area contributed by atoms with Crippen molar-refractivity contribution in [2.75, 3.05) is 4.90 Å². The first-order valence-corrected chi connectivity index (χ1v) is 8.45. The third-order valence-electron chi connectivity index (χ3n) is 4.08. The number of benzene rings is 2. The van der Waals surface area contributed by atoms with Crippen molar-refractivity contribution in [3.63, 3.8) is 0 Å². The molecule has 0 spiro atoms. The molecule has 1 aliphatic heterocycles. The quantitative estimate of drug-likeness (QED) is 0.726. The van der Waals surface area contributed by atoms with Crippen LogP contribution in [0.1, 0.15) is 38.8 Å². The number of anilines is 1. The van der Waals surface area contributed by atoms with Gasteiger partial charge in [-0.3, -0.25) is 0 Å².